The van der Waals surface area contributed by atoms with Gasteiger partial charge in [0.05, 0.1) is 16.3 Å². The summed E-state index contributed by atoms with van der Waals surface area (Å²) in [5, 5.41) is 13.3. The Kier molecular flexibility index (Phi) is 2.57. The maximum Gasteiger partial charge on any atom is 0.290 e. The van der Waals surface area contributed by atoms with Crippen LogP contribution in [0, 0.1) is 10.1 Å². The Morgan fingerprint density at radius 2 is 2.23 bits per heavy atom. The van der Waals surface area contributed by atoms with Crippen LogP contribution in [-0.4, -0.2) is 12.0 Å². The van der Waals surface area contributed by atoms with Gasteiger partial charge in [-0.1, -0.05) is 11.6 Å². The first kappa shape index (κ1) is 9.60. The van der Waals surface area contributed by atoms with Gasteiger partial charge in [-0.15, -0.1) is 0 Å². The van der Waals surface area contributed by atoms with Gasteiger partial charge in [-0.3, -0.25) is 10.1 Å². The normalized spacial score (nSPS) is 9.69. The number of hydrogen-bond donors (Lipinski definition) is 2. The van der Waals surface area contributed by atoms with Crippen LogP contribution in [0.25, 0.3) is 0 Å². The molecule has 0 aliphatic rings. The number of benzene rings is 1. The molecule has 0 unspecified atom stereocenters. The lowest BCUT2D eigenvalue weighted by atomic mass is 10.2. The minimum absolute atomic E-state index is 0.0727. The van der Waals surface area contributed by atoms with Crippen molar-refractivity contribution in [1.29, 1.82) is 0 Å². The van der Waals surface area contributed by atoms with Gasteiger partial charge in [-0.05, 0) is 6.07 Å². The molecule has 1 aromatic rings. The minimum Gasteiger partial charge on any atom is -0.397 e. The first-order valence-corrected chi connectivity index (χ1v) is 3.85. The van der Waals surface area contributed by atoms with E-state index in [1.165, 1.54) is 12.1 Å². The third-order valence-electron chi connectivity index (χ3n) is 1.59. The summed E-state index contributed by atoms with van der Waals surface area (Å²) in [5.41, 5.74) is 6.21. The van der Waals surface area contributed by atoms with Crippen LogP contribution < -0.4 is 11.1 Å². The van der Waals surface area contributed by atoms with E-state index in [0.717, 1.165) is 0 Å². The van der Waals surface area contributed by atoms with Crippen LogP contribution in [0.1, 0.15) is 0 Å². The van der Waals surface area contributed by atoms with Gasteiger partial charge in [0.25, 0.3) is 5.69 Å². The zero-order valence-corrected chi connectivity index (χ0v) is 7.63. The summed E-state index contributed by atoms with van der Waals surface area (Å²) in [4.78, 5) is 9.85. The number of nitro groups is 1. The minimum atomic E-state index is -0.571. The summed E-state index contributed by atoms with van der Waals surface area (Å²) in [7, 11) is 1.66. The second kappa shape index (κ2) is 3.49. The van der Waals surface area contributed by atoms with Gasteiger partial charge in [-0.2, -0.15) is 0 Å². The van der Waals surface area contributed by atoms with Crippen LogP contribution in [0.15, 0.2) is 12.1 Å². The molecular formula is C7H8ClN3O2. The summed E-state index contributed by atoms with van der Waals surface area (Å²) in [6.45, 7) is 0. The lowest BCUT2D eigenvalue weighted by Gasteiger charge is -2.04. The molecule has 0 fully saturated rings. The molecule has 0 aliphatic carbocycles. The van der Waals surface area contributed by atoms with Gasteiger partial charge in [-0.25, -0.2) is 0 Å². The first-order chi connectivity index (χ1) is 6.06. The summed E-state index contributed by atoms with van der Waals surface area (Å²) in [6, 6.07) is 2.66. The molecule has 0 heterocycles. The van der Waals surface area contributed by atoms with Gasteiger partial charge in [0.1, 0.15) is 5.02 Å². The lowest BCUT2D eigenvalue weighted by Crippen LogP contribution is -1.98. The molecule has 0 spiro atoms. The zero-order chi connectivity index (χ0) is 10.0. The molecule has 5 nitrogen and oxygen atoms in total. The van der Waals surface area contributed by atoms with Crippen molar-refractivity contribution in [2.75, 3.05) is 18.1 Å². The summed E-state index contributed by atoms with van der Waals surface area (Å²) < 4.78 is 0. The summed E-state index contributed by atoms with van der Waals surface area (Å²) in [6.07, 6.45) is 0. The number of halogens is 1. The van der Waals surface area contributed by atoms with Crippen molar-refractivity contribution in [1.82, 2.24) is 0 Å². The zero-order valence-electron chi connectivity index (χ0n) is 6.87. The molecule has 6 heteroatoms. The second-order valence-corrected chi connectivity index (χ2v) is 2.81. The number of hydrogen-bond acceptors (Lipinski definition) is 4. The van der Waals surface area contributed by atoms with Crippen molar-refractivity contribution in [3.8, 4) is 0 Å². The van der Waals surface area contributed by atoms with E-state index in [1.807, 2.05) is 0 Å². The Morgan fingerprint density at radius 3 is 2.69 bits per heavy atom. The van der Waals surface area contributed by atoms with Gasteiger partial charge in [0.15, 0.2) is 0 Å². The fourth-order valence-electron chi connectivity index (χ4n) is 0.934. The Balaban J connectivity index is 3.28. The fourth-order valence-corrected chi connectivity index (χ4v) is 1.17. The molecule has 0 bridgehead atoms. The molecule has 0 saturated carbocycles. The molecule has 0 saturated heterocycles. The van der Waals surface area contributed by atoms with Gasteiger partial charge in [0, 0.05) is 13.1 Å². The smallest absolute Gasteiger partial charge is 0.290 e. The molecule has 70 valence electrons. The van der Waals surface area contributed by atoms with Gasteiger partial charge in [0.2, 0.25) is 0 Å². The average molecular weight is 202 g/mol. The molecule has 0 radical (unpaired) electrons. The predicted molar refractivity (Wildman–Crippen MR) is 52.1 cm³/mol. The number of nitrogens with zero attached hydrogens (tertiary/aromatic N) is 1. The third kappa shape index (κ3) is 1.81. The molecule has 3 N–H and O–H groups in total. The molecule has 0 aliphatic heterocycles. The summed E-state index contributed by atoms with van der Waals surface area (Å²) >= 11 is 5.64. The lowest BCUT2D eigenvalue weighted by molar-refractivity contribution is -0.384. The highest BCUT2D eigenvalue weighted by Crippen LogP contribution is 2.31. The third-order valence-corrected chi connectivity index (χ3v) is 1.89. The van der Waals surface area contributed by atoms with Crippen LogP contribution in [0.5, 0.6) is 0 Å². The number of rotatable bonds is 2. The molecule has 13 heavy (non-hydrogen) atoms. The van der Waals surface area contributed by atoms with Crippen LogP contribution in [0.2, 0.25) is 5.02 Å². The van der Waals surface area contributed by atoms with E-state index in [-0.39, 0.29) is 10.7 Å². The number of anilines is 2. The second-order valence-electron chi connectivity index (χ2n) is 2.40. The molecule has 0 aromatic heterocycles. The fraction of sp³-hybridized carbons (Fsp3) is 0.143. The number of nitrogens with two attached hydrogens (primary N) is 1. The van der Waals surface area contributed by atoms with E-state index in [4.69, 9.17) is 17.3 Å². The van der Waals surface area contributed by atoms with Crippen LogP contribution in [-0.2, 0) is 0 Å². The standard InChI is InChI=1S/C7H8ClN3O2/c1-10-6-2-4(8)7(11(12)13)3-5(6)9/h2-3,10H,9H2,1H3. The number of nitrogens with one attached hydrogen (secondary N) is 1. The van der Waals surface area contributed by atoms with E-state index >= 15 is 0 Å². The van der Waals surface area contributed by atoms with Crippen molar-refractivity contribution in [2.45, 2.75) is 0 Å². The molecule has 1 aromatic carbocycles. The SMILES string of the molecule is CNc1cc(Cl)c([N+](=O)[O-])cc1N. The van der Waals surface area contributed by atoms with Crippen LogP contribution in [0.3, 0.4) is 0 Å². The maximum absolute atomic E-state index is 10.4. The van der Waals surface area contributed by atoms with Gasteiger partial charge >= 0.3 is 0 Å². The Labute approximate surface area is 79.6 Å². The van der Waals surface area contributed by atoms with Crippen molar-refractivity contribution in [3.63, 3.8) is 0 Å². The Hall–Kier alpha value is -1.49. The quantitative estimate of drug-likeness (QED) is 0.435. The first-order valence-electron chi connectivity index (χ1n) is 3.47. The molecule has 0 amide bonds. The maximum atomic E-state index is 10.4. The molecular weight excluding hydrogens is 194 g/mol. The van der Waals surface area contributed by atoms with E-state index in [0.29, 0.717) is 11.4 Å². The number of nitro benzene ring substituents is 1. The number of nitrogen functional groups attached to an aromatic ring is 1. The monoisotopic (exact) mass is 201 g/mol. The summed E-state index contributed by atoms with van der Waals surface area (Å²) in [5.74, 6) is 0. The van der Waals surface area contributed by atoms with Crippen molar-refractivity contribution < 1.29 is 4.92 Å². The van der Waals surface area contributed by atoms with Gasteiger partial charge < -0.3 is 11.1 Å². The van der Waals surface area contributed by atoms with Crippen LogP contribution in [0.4, 0.5) is 17.1 Å². The van der Waals surface area contributed by atoms with Crippen LogP contribution >= 0.6 is 11.6 Å². The highest BCUT2D eigenvalue weighted by atomic mass is 35.5. The Morgan fingerprint density at radius 1 is 1.62 bits per heavy atom. The topological polar surface area (TPSA) is 81.2 Å². The highest BCUT2D eigenvalue weighted by molar-refractivity contribution is 6.33. The van der Waals surface area contributed by atoms with Crippen molar-refractivity contribution in [3.05, 3.63) is 27.3 Å². The largest absolute Gasteiger partial charge is 0.397 e. The van der Waals surface area contributed by atoms with E-state index in [1.54, 1.807) is 7.05 Å². The van der Waals surface area contributed by atoms with E-state index < -0.39 is 4.92 Å². The van der Waals surface area contributed by atoms with Crippen molar-refractivity contribution >= 4 is 28.7 Å². The highest BCUT2D eigenvalue weighted by Gasteiger charge is 2.14. The average Bonchev–Trinajstić information content (AvgIpc) is 2.07. The van der Waals surface area contributed by atoms with E-state index in [2.05, 4.69) is 5.32 Å². The molecule has 1 rings (SSSR count). The predicted octanol–water partition coefficient (Wildman–Crippen LogP) is 1.87. The van der Waals surface area contributed by atoms with Crippen molar-refractivity contribution in [2.24, 2.45) is 0 Å². The molecule has 0 atom stereocenters. The Bertz CT molecular complexity index is 354. The van der Waals surface area contributed by atoms with E-state index in [9.17, 15) is 10.1 Å².